The molecule has 1 heterocycles. The normalized spacial score (nSPS) is 19.6. The molecule has 1 aliphatic heterocycles. The van der Waals surface area contributed by atoms with Gasteiger partial charge in [0, 0.05) is 26.2 Å². The number of carbonyl (C=O) groups excluding carboxylic acids is 2. The minimum absolute atomic E-state index is 0.0543. The van der Waals surface area contributed by atoms with Crippen molar-refractivity contribution in [1.82, 2.24) is 9.80 Å². The summed E-state index contributed by atoms with van der Waals surface area (Å²) in [6, 6.07) is 14.1. The zero-order valence-corrected chi connectivity index (χ0v) is 18.6. The van der Waals surface area contributed by atoms with Gasteiger partial charge in [0.1, 0.15) is 5.60 Å². The summed E-state index contributed by atoms with van der Waals surface area (Å²) in [5.41, 5.74) is -0.680. The molecule has 0 radical (unpaired) electrons. The number of benzene rings is 2. The molecule has 2 amide bonds. The largest absolute Gasteiger partial charge is 0.444 e. The van der Waals surface area contributed by atoms with Crippen LogP contribution in [-0.4, -0.2) is 64.3 Å². The van der Waals surface area contributed by atoms with E-state index in [0.717, 1.165) is 22.8 Å². The third kappa shape index (κ3) is 4.54. The van der Waals surface area contributed by atoms with Crippen molar-refractivity contribution < 1.29 is 19.4 Å². The molecule has 1 aliphatic carbocycles. The van der Waals surface area contributed by atoms with Crippen molar-refractivity contribution >= 4 is 22.8 Å². The van der Waals surface area contributed by atoms with Crippen molar-refractivity contribution in [2.75, 3.05) is 26.2 Å². The fourth-order valence-electron chi connectivity index (χ4n) is 4.52. The summed E-state index contributed by atoms with van der Waals surface area (Å²) in [4.78, 5) is 29.4. The number of rotatable bonds is 3. The van der Waals surface area contributed by atoms with Crippen molar-refractivity contribution in [3.05, 3.63) is 48.0 Å². The molecule has 166 valence electrons. The Kier molecular flexibility index (Phi) is 5.69. The first-order valence-electron chi connectivity index (χ1n) is 11.1. The monoisotopic (exact) mass is 424 g/mol. The topological polar surface area (TPSA) is 70.1 Å². The molecule has 2 fully saturated rings. The van der Waals surface area contributed by atoms with Crippen molar-refractivity contribution in [3.8, 4) is 0 Å². The highest BCUT2D eigenvalue weighted by Gasteiger charge is 2.48. The number of ether oxygens (including phenoxy) is 1. The Balaban J connectivity index is 1.52. The van der Waals surface area contributed by atoms with Crippen LogP contribution in [0.15, 0.2) is 42.5 Å². The molecule has 2 aromatic rings. The molecular weight excluding hydrogens is 392 g/mol. The second kappa shape index (κ2) is 8.15. The van der Waals surface area contributed by atoms with Gasteiger partial charge in [-0.25, -0.2) is 4.79 Å². The summed E-state index contributed by atoms with van der Waals surface area (Å²) < 4.78 is 5.45. The van der Waals surface area contributed by atoms with Gasteiger partial charge in [-0.1, -0.05) is 42.5 Å². The third-order valence-corrected chi connectivity index (χ3v) is 6.35. The Hall–Kier alpha value is -2.60. The predicted octanol–water partition coefficient (Wildman–Crippen LogP) is 3.92. The zero-order valence-electron chi connectivity index (χ0n) is 18.6. The van der Waals surface area contributed by atoms with E-state index in [1.807, 2.05) is 63.2 Å². The predicted molar refractivity (Wildman–Crippen MR) is 120 cm³/mol. The standard InChI is InChI=1S/C25H32N2O4/c1-24(2,3)31-23(29)27-15-13-26(14-16-27)22(28)21(25(30)11-6-12-25)20-10-9-18-7-4-5-8-19(18)17-20/h4-5,7-10,17,21,30H,6,11-16H2,1-3H3. The van der Waals surface area contributed by atoms with Crippen molar-refractivity contribution in [2.24, 2.45) is 0 Å². The molecule has 4 rings (SSSR count). The van der Waals surface area contributed by atoms with Gasteiger partial charge in [0.2, 0.25) is 5.91 Å². The van der Waals surface area contributed by atoms with Gasteiger partial charge in [0.25, 0.3) is 0 Å². The Labute approximate surface area is 183 Å². The smallest absolute Gasteiger partial charge is 0.410 e. The average Bonchev–Trinajstić information content (AvgIpc) is 2.71. The number of fused-ring (bicyclic) bond motifs is 1. The SMILES string of the molecule is CC(C)(C)OC(=O)N1CCN(C(=O)C(c2ccc3ccccc3c2)C2(O)CCC2)CC1. The number of carbonyl (C=O) groups is 2. The van der Waals surface area contributed by atoms with Crippen LogP contribution in [-0.2, 0) is 9.53 Å². The Morgan fingerprint density at radius 3 is 2.16 bits per heavy atom. The van der Waals surface area contributed by atoms with Crippen LogP contribution in [0.1, 0.15) is 51.5 Å². The van der Waals surface area contributed by atoms with Crippen molar-refractivity contribution in [2.45, 2.75) is 57.2 Å². The highest BCUT2D eigenvalue weighted by Crippen LogP contribution is 2.45. The van der Waals surface area contributed by atoms with Crippen LogP contribution in [0.4, 0.5) is 4.79 Å². The van der Waals surface area contributed by atoms with E-state index in [4.69, 9.17) is 4.74 Å². The maximum Gasteiger partial charge on any atom is 0.410 e. The summed E-state index contributed by atoms with van der Waals surface area (Å²) in [6.45, 7) is 7.29. The lowest BCUT2D eigenvalue weighted by atomic mass is 9.68. The summed E-state index contributed by atoms with van der Waals surface area (Å²) in [5.74, 6) is -0.639. The number of hydrogen-bond donors (Lipinski definition) is 1. The summed E-state index contributed by atoms with van der Waals surface area (Å²) in [6.07, 6.45) is 1.85. The quantitative estimate of drug-likeness (QED) is 0.811. The molecule has 1 unspecified atom stereocenters. The minimum atomic E-state index is -0.998. The summed E-state index contributed by atoms with van der Waals surface area (Å²) >= 11 is 0. The summed E-state index contributed by atoms with van der Waals surface area (Å²) in [7, 11) is 0. The Morgan fingerprint density at radius 2 is 1.58 bits per heavy atom. The van der Waals surface area contributed by atoms with Gasteiger partial charge in [0.05, 0.1) is 11.5 Å². The molecule has 6 heteroatoms. The molecular formula is C25H32N2O4. The van der Waals surface area contributed by atoms with Gasteiger partial charge in [-0.15, -0.1) is 0 Å². The van der Waals surface area contributed by atoms with Crippen LogP contribution in [0.3, 0.4) is 0 Å². The van der Waals surface area contributed by atoms with Crippen LogP contribution in [0.5, 0.6) is 0 Å². The second-order valence-corrected chi connectivity index (χ2v) is 9.79. The van der Waals surface area contributed by atoms with E-state index in [-0.39, 0.29) is 12.0 Å². The lowest BCUT2D eigenvalue weighted by molar-refractivity contribution is -0.146. The number of hydrogen-bond acceptors (Lipinski definition) is 4. The fourth-order valence-corrected chi connectivity index (χ4v) is 4.52. The maximum absolute atomic E-state index is 13.6. The number of piperazine rings is 1. The first-order chi connectivity index (χ1) is 14.7. The van der Waals surface area contributed by atoms with Gasteiger partial charge >= 0.3 is 6.09 Å². The van der Waals surface area contributed by atoms with E-state index in [0.29, 0.717) is 39.0 Å². The van der Waals surface area contributed by atoms with Crippen molar-refractivity contribution in [3.63, 3.8) is 0 Å². The van der Waals surface area contributed by atoms with Crippen LogP contribution in [0.2, 0.25) is 0 Å². The molecule has 1 saturated heterocycles. The molecule has 0 bridgehead atoms. The lowest BCUT2D eigenvalue weighted by Gasteiger charge is -2.45. The molecule has 1 N–H and O–H groups in total. The molecule has 0 spiro atoms. The van der Waals surface area contributed by atoms with Gasteiger partial charge in [0.15, 0.2) is 0 Å². The summed E-state index contributed by atoms with van der Waals surface area (Å²) in [5, 5.41) is 13.4. The van der Waals surface area contributed by atoms with E-state index >= 15 is 0 Å². The lowest BCUT2D eigenvalue weighted by Crippen LogP contribution is -2.56. The number of amides is 2. The van der Waals surface area contributed by atoms with E-state index < -0.39 is 17.1 Å². The van der Waals surface area contributed by atoms with E-state index in [9.17, 15) is 14.7 Å². The fraction of sp³-hybridized carbons (Fsp3) is 0.520. The second-order valence-electron chi connectivity index (χ2n) is 9.79. The van der Waals surface area contributed by atoms with Crippen LogP contribution < -0.4 is 0 Å². The van der Waals surface area contributed by atoms with Gasteiger partial charge in [-0.3, -0.25) is 4.79 Å². The highest BCUT2D eigenvalue weighted by molar-refractivity contribution is 5.89. The molecule has 6 nitrogen and oxygen atoms in total. The van der Waals surface area contributed by atoms with Crippen LogP contribution in [0.25, 0.3) is 10.8 Å². The molecule has 31 heavy (non-hydrogen) atoms. The highest BCUT2D eigenvalue weighted by atomic mass is 16.6. The maximum atomic E-state index is 13.6. The average molecular weight is 425 g/mol. The number of aliphatic hydroxyl groups is 1. The third-order valence-electron chi connectivity index (χ3n) is 6.35. The zero-order chi connectivity index (χ0) is 22.2. The van der Waals surface area contributed by atoms with Crippen LogP contribution in [0, 0.1) is 0 Å². The van der Waals surface area contributed by atoms with E-state index in [1.165, 1.54) is 0 Å². The van der Waals surface area contributed by atoms with Crippen LogP contribution >= 0.6 is 0 Å². The first kappa shape index (κ1) is 21.6. The Morgan fingerprint density at radius 1 is 0.968 bits per heavy atom. The number of nitrogens with zero attached hydrogens (tertiary/aromatic N) is 2. The van der Waals surface area contributed by atoms with Crippen molar-refractivity contribution in [1.29, 1.82) is 0 Å². The minimum Gasteiger partial charge on any atom is -0.444 e. The Bertz CT molecular complexity index is 969. The molecule has 2 aromatic carbocycles. The van der Waals surface area contributed by atoms with Gasteiger partial charge in [-0.2, -0.15) is 0 Å². The van der Waals surface area contributed by atoms with Gasteiger partial charge < -0.3 is 19.6 Å². The van der Waals surface area contributed by atoms with E-state index in [1.54, 1.807) is 9.80 Å². The molecule has 1 saturated carbocycles. The van der Waals surface area contributed by atoms with Gasteiger partial charge in [-0.05, 0) is 56.4 Å². The molecule has 2 aliphatic rings. The molecule has 1 atom stereocenters. The van der Waals surface area contributed by atoms with E-state index in [2.05, 4.69) is 0 Å². The first-order valence-corrected chi connectivity index (χ1v) is 11.1. The molecule has 0 aromatic heterocycles.